The van der Waals surface area contributed by atoms with Crippen LogP contribution in [0.4, 0.5) is 0 Å². The first-order valence-corrected chi connectivity index (χ1v) is 27.8. The first kappa shape index (κ1) is 59.2. The highest BCUT2D eigenvalue weighted by Crippen LogP contribution is 2.46. The number of hydrogen-bond donors (Lipinski definition) is 8. The van der Waals surface area contributed by atoms with Gasteiger partial charge in [0.15, 0.2) is 46.0 Å². The van der Waals surface area contributed by atoms with E-state index in [4.69, 9.17) is 37.9 Å². The van der Waals surface area contributed by atoms with Crippen LogP contribution in [0.25, 0.3) is 0 Å². The summed E-state index contributed by atoms with van der Waals surface area (Å²) in [6, 6.07) is 35.7. The number of methoxy groups -OCH3 is 4. The van der Waals surface area contributed by atoms with Gasteiger partial charge in [-0.2, -0.15) is 0 Å². The fourth-order valence-electron chi connectivity index (χ4n) is 10.9. The van der Waals surface area contributed by atoms with Crippen LogP contribution in [0.5, 0.6) is 92.0 Å². The molecule has 0 aromatic heterocycles. The highest BCUT2D eigenvalue weighted by molar-refractivity contribution is 5.54. The summed E-state index contributed by atoms with van der Waals surface area (Å²) in [6.07, 6.45) is 6.36. The van der Waals surface area contributed by atoms with E-state index >= 15 is 0 Å². The Morgan fingerprint density at radius 3 is 0.881 bits per heavy atom. The van der Waals surface area contributed by atoms with Gasteiger partial charge in [0, 0.05) is 22.8 Å². The lowest BCUT2D eigenvalue weighted by atomic mass is 9.95. The molecular formula is C68H72O16. The van der Waals surface area contributed by atoms with E-state index in [9.17, 15) is 40.9 Å². The van der Waals surface area contributed by atoms with Gasteiger partial charge < -0.3 is 78.7 Å². The Labute approximate surface area is 488 Å². The van der Waals surface area contributed by atoms with Gasteiger partial charge in [0.05, 0.1) is 28.4 Å². The van der Waals surface area contributed by atoms with Crippen LogP contribution < -0.4 is 37.9 Å². The number of ether oxygens (including phenoxy) is 8. The molecule has 16 nitrogen and oxygen atoms in total. The quantitative estimate of drug-likeness (QED) is 0.0706. The van der Waals surface area contributed by atoms with E-state index in [2.05, 4.69) is 0 Å². The first-order valence-electron chi connectivity index (χ1n) is 27.8. The molecule has 12 rings (SSSR count). The zero-order valence-corrected chi connectivity index (χ0v) is 48.4. The number of phenolic OH excluding ortho intramolecular Hbond substituents is 8. The minimum atomic E-state index is -0.130. The molecule has 4 aliphatic rings. The molecule has 8 N–H and O–H groups in total. The molecule has 84 heavy (non-hydrogen) atoms. The van der Waals surface area contributed by atoms with Crippen molar-refractivity contribution in [3.63, 3.8) is 0 Å². The average molecular weight is 1150 g/mol. The topological polar surface area (TPSA) is 236 Å². The molecule has 440 valence electrons. The summed E-state index contributed by atoms with van der Waals surface area (Å²) in [4.78, 5) is 0. The van der Waals surface area contributed by atoms with Gasteiger partial charge in [0.1, 0.15) is 70.4 Å². The van der Waals surface area contributed by atoms with E-state index in [-0.39, 0.29) is 70.4 Å². The smallest absolute Gasteiger partial charge is 0.160 e. The van der Waals surface area contributed by atoms with Gasteiger partial charge in [-0.15, -0.1) is 0 Å². The third-order valence-corrected chi connectivity index (χ3v) is 15.8. The van der Waals surface area contributed by atoms with Gasteiger partial charge in [-0.05, 0) is 202 Å². The zero-order valence-electron chi connectivity index (χ0n) is 48.4. The first-order chi connectivity index (χ1) is 40.4. The van der Waals surface area contributed by atoms with Crippen molar-refractivity contribution in [1.29, 1.82) is 0 Å². The van der Waals surface area contributed by atoms with Gasteiger partial charge >= 0.3 is 0 Å². The van der Waals surface area contributed by atoms with E-state index in [0.29, 0.717) is 28.7 Å². The van der Waals surface area contributed by atoms with Crippen molar-refractivity contribution in [2.75, 3.05) is 28.4 Å². The Morgan fingerprint density at radius 2 is 0.595 bits per heavy atom. The lowest BCUT2D eigenvalue weighted by Crippen LogP contribution is -2.16. The van der Waals surface area contributed by atoms with Crippen molar-refractivity contribution in [3.8, 4) is 92.0 Å². The van der Waals surface area contributed by atoms with Crippen molar-refractivity contribution in [3.05, 3.63) is 188 Å². The summed E-state index contributed by atoms with van der Waals surface area (Å²) in [5, 5.41) is 78.8. The maximum absolute atomic E-state index is 9.90. The van der Waals surface area contributed by atoms with Gasteiger partial charge in [-0.25, -0.2) is 0 Å². The Hall–Kier alpha value is -9.44. The zero-order chi connectivity index (χ0) is 59.9. The van der Waals surface area contributed by atoms with Crippen LogP contribution in [0, 0.1) is 27.7 Å². The maximum Gasteiger partial charge on any atom is 0.160 e. The molecule has 0 radical (unpaired) electrons. The summed E-state index contributed by atoms with van der Waals surface area (Å²) in [5.41, 5.74) is 11.2. The van der Waals surface area contributed by atoms with Crippen LogP contribution in [0.3, 0.4) is 0 Å². The van der Waals surface area contributed by atoms with Gasteiger partial charge in [-0.3, -0.25) is 0 Å². The van der Waals surface area contributed by atoms with Crippen molar-refractivity contribution in [2.24, 2.45) is 0 Å². The Morgan fingerprint density at radius 1 is 0.310 bits per heavy atom. The summed E-state index contributed by atoms with van der Waals surface area (Å²) < 4.78 is 44.3. The number of rotatable bonds is 8. The number of hydrogen-bond acceptors (Lipinski definition) is 16. The molecule has 0 spiro atoms. The minimum Gasteiger partial charge on any atom is -0.508 e. The molecule has 8 aromatic carbocycles. The molecule has 0 bridgehead atoms. The van der Waals surface area contributed by atoms with Crippen LogP contribution in [0.1, 0.15) is 117 Å². The number of benzene rings is 8. The van der Waals surface area contributed by atoms with Gasteiger partial charge in [0.2, 0.25) is 0 Å². The van der Waals surface area contributed by atoms with E-state index in [1.54, 1.807) is 72.8 Å². The monoisotopic (exact) mass is 1140 g/mol. The summed E-state index contributed by atoms with van der Waals surface area (Å²) >= 11 is 0. The van der Waals surface area contributed by atoms with Gasteiger partial charge in [-0.1, -0.05) is 42.5 Å². The molecule has 0 saturated heterocycles. The fraction of sp³-hybridized carbons (Fsp3) is 0.294. The van der Waals surface area contributed by atoms with Crippen molar-refractivity contribution < 1.29 is 78.7 Å². The largest absolute Gasteiger partial charge is 0.508 e. The highest BCUT2D eigenvalue weighted by Gasteiger charge is 2.29. The van der Waals surface area contributed by atoms with E-state index < -0.39 is 0 Å². The molecule has 0 aliphatic carbocycles. The molecule has 4 atom stereocenters. The Bertz CT molecular complexity index is 3380. The third kappa shape index (κ3) is 12.9. The molecule has 4 aliphatic heterocycles. The second kappa shape index (κ2) is 25.8. The molecular weight excluding hydrogens is 1070 g/mol. The molecule has 0 amide bonds. The SMILES string of the molecule is COc1ccc(C2CCc3cc(C)c(O)cc3O2)cc1O.COc1ccc(C2CCc3ccc(O)c(C)c3O2)cc1O.COc1ccc([C@@H]2CCc3ccc(O)c(C)c3O2)cc1O.COc1ccc([C@H]2CCc3ccc(O)c(C)c3O2)cc1O. The highest BCUT2D eigenvalue weighted by atomic mass is 16.5. The van der Waals surface area contributed by atoms with E-state index in [1.807, 2.05) is 76.2 Å². The summed E-state index contributed by atoms with van der Waals surface area (Å²) in [5.74, 6) is 6.16. The van der Waals surface area contributed by atoms with Crippen LogP contribution in [-0.2, 0) is 25.7 Å². The Balaban J connectivity index is 0.000000134. The predicted molar refractivity (Wildman–Crippen MR) is 317 cm³/mol. The molecule has 0 fully saturated rings. The lowest BCUT2D eigenvalue weighted by Gasteiger charge is -2.28. The molecule has 8 aromatic rings. The molecule has 0 saturated carbocycles. The summed E-state index contributed by atoms with van der Waals surface area (Å²) in [6.45, 7) is 7.43. The van der Waals surface area contributed by atoms with E-state index in [1.165, 1.54) is 28.4 Å². The van der Waals surface area contributed by atoms with Crippen molar-refractivity contribution in [1.82, 2.24) is 0 Å². The standard InChI is InChI=1S/4C17H18O4/c3*1-10-13(18)6-3-11-4-7-15(21-17(10)11)12-5-8-16(20-2)14(19)9-12;1-10-7-11-3-5-15(21-17(11)9-13(10)18)12-4-6-16(20-2)14(19)8-12/h3*3,5-6,8-9,15,18-19H,4,7H2,1-2H3;4,6-9,15,18-19H,3,5H2,1-2H3/t2*15-;;/m10../s1. The number of phenols is 8. The second-order valence-electron chi connectivity index (χ2n) is 21.1. The molecule has 2 unspecified atom stereocenters. The summed E-state index contributed by atoms with van der Waals surface area (Å²) in [7, 11) is 6.09. The van der Waals surface area contributed by atoms with Crippen LogP contribution in [0.15, 0.2) is 121 Å². The van der Waals surface area contributed by atoms with E-state index in [0.717, 1.165) is 135 Å². The predicted octanol–water partition coefficient (Wildman–Crippen LogP) is 13.9. The normalized spacial score (nSPS) is 17.0. The van der Waals surface area contributed by atoms with Crippen LogP contribution in [-0.4, -0.2) is 69.3 Å². The number of aromatic hydroxyl groups is 8. The average Bonchev–Trinajstić information content (AvgIpc) is 2.84. The third-order valence-electron chi connectivity index (χ3n) is 15.8. The number of fused-ring (bicyclic) bond motifs is 4. The van der Waals surface area contributed by atoms with Crippen molar-refractivity contribution >= 4 is 0 Å². The van der Waals surface area contributed by atoms with Crippen LogP contribution >= 0.6 is 0 Å². The fourth-order valence-corrected chi connectivity index (χ4v) is 10.9. The number of aryl methyl sites for hydroxylation is 5. The maximum atomic E-state index is 9.90. The molecule has 16 heteroatoms. The molecule has 4 heterocycles. The Kier molecular flexibility index (Phi) is 18.2. The van der Waals surface area contributed by atoms with Crippen molar-refractivity contribution in [2.45, 2.75) is 103 Å². The minimum absolute atomic E-state index is 0.108. The second-order valence-corrected chi connectivity index (χ2v) is 21.1. The lowest BCUT2D eigenvalue weighted by molar-refractivity contribution is 0.174. The van der Waals surface area contributed by atoms with Gasteiger partial charge in [0.25, 0.3) is 0 Å². The van der Waals surface area contributed by atoms with Crippen LogP contribution in [0.2, 0.25) is 0 Å².